The van der Waals surface area contributed by atoms with Crippen LogP contribution in [0.5, 0.6) is 0 Å². The zero-order valence-electron chi connectivity index (χ0n) is 10.9. The summed E-state index contributed by atoms with van der Waals surface area (Å²) < 4.78 is 5.46. The van der Waals surface area contributed by atoms with Crippen molar-refractivity contribution in [1.29, 1.82) is 0 Å². The summed E-state index contributed by atoms with van der Waals surface area (Å²) in [6, 6.07) is 0. The highest BCUT2D eigenvalue weighted by molar-refractivity contribution is 9.09. The Kier molecular flexibility index (Phi) is 6.49. The first kappa shape index (κ1) is 15.0. The van der Waals surface area contributed by atoms with E-state index in [4.69, 9.17) is 4.74 Å². The van der Waals surface area contributed by atoms with Gasteiger partial charge in [-0.05, 0) is 31.6 Å². The molecule has 0 aliphatic heterocycles. The van der Waals surface area contributed by atoms with Crippen molar-refractivity contribution in [3.63, 3.8) is 0 Å². The van der Waals surface area contributed by atoms with E-state index in [9.17, 15) is 4.79 Å². The fourth-order valence-corrected chi connectivity index (χ4v) is 2.89. The third kappa shape index (κ3) is 4.59. The largest absolute Gasteiger partial charge is 0.378 e. The molecule has 0 heterocycles. The van der Waals surface area contributed by atoms with Crippen LogP contribution in [0.2, 0.25) is 0 Å². The quantitative estimate of drug-likeness (QED) is 0.700. The van der Waals surface area contributed by atoms with E-state index in [-0.39, 0.29) is 11.5 Å². The number of halogens is 1. The summed E-state index contributed by atoms with van der Waals surface area (Å²) in [5.41, 5.74) is -0.152. The van der Waals surface area contributed by atoms with Crippen molar-refractivity contribution in [2.75, 3.05) is 19.0 Å². The Labute approximate surface area is 113 Å². The van der Waals surface area contributed by atoms with E-state index in [1.807, 2.05) is 0 Å². The molecule has 4 heteroatoms. The number of rotatable bonds is 8. The predicted molar refractivity (Wildman–Crippen MR) is 73.4 cm³/mol. The van der Waals surface area contributed by atoms with Crippen molar-refractivity contribution >= 4 is 21.8 Å². The van der Waals surface area contributed by atoms with E-state index in [0.29, 0.717) is 12.3 Å². The molecule has 0 aromatic rings. The second kappa shape index (κ2) is 7.37. The zero-order chi connectivity index (χ0) is 12.7. The molecule has 1 aliphatic carbocycles. The number of methoxy groups -OCH3 is 1. The molecule has 0 spiro atoms. The molecule has 0 aromatic carbocycles. The number of carbonyl (C=O) groups excluding carboxylic acids is 1. The lowest BCUT2D eigenvalue weighted by atomic mass is 9.77. The summed E-state index contributed by atoms with van der Waals surface area (Å²) in [5.74, 6) is 0.720. The Morgan fingerprint density at radius 3 is 2.65 bits per heavy atom. The maximum atomic E-state index is 11.8. The molecule has 0 bridgehead atoms. The Hall–Kier alpha value is -0.0900. The Bertz CT molecular complexity index is 236. The molecule has 1 aliphatic rings. The molecule has 1 rings (SSSR count). The molecular formula is C13H24BrNO2. The topological polar surface area (TPSA) is 38.3 Å². The molecule has 1 unspecified atom stereocenters. The van der Waals surface area contributed by atoms with Gasteiger partial charge in [0.25, 0.3) is 0 Å². The normalized spacial score (nSPS) is 19.5. The summed E-state index contributed by atoms with van der Waals surface area (Å²) in [5, 5.41) is 4.04. The van der Waals surface area contributed by atoms with E-state index in [1.54, 1.807) is 7.11 Å². The molecule has 1 amide bonds. The van der Waals surface area contributed by atoms with Crippen LogP contribution in [-0.4, -0.2) is 30.5 Å². The van der Waals surface area contributed by atoms with Crippen molar-refractivity contribution in [2.45, 2.75) is 51.0 Å². The number of carbonyl (C=O) groups is 1. The van der Waals surface area contributed by atoms with Crippen LogP contribution in [0.4, 0.5) is 0 Å². The van der Waals surface area contributed by atoms with Crippen LogP contribution in [0.3, 0.4) is 0 Å². The molecular weight excluding hydrogens is 282 g/mol. The molecule has 0 radical (unpaired) electrons. The van der Waals surface area contributed by atoms with Crippen molar-refractivity contribution in [1.82, 2.24) is 5.32 Å². The number of hydrogen-bond acceptors (Lipinski definition) is 2. The Balaban J connectivity index is 2.24. The third-order valence-corrected chi connectivity index (χ3v) is 4.32. The van der Waals surface area contributed by atoms with Gasteiger partial charge in [-0.2, -0.15) is 0 Å². The summed E-state index contributed by atoms with van der Waals surface area (Å²) in [7, 11) is 1.71. The second-order valence-corrected chi connectivity index (χ2v) is 5.77. The van der Waals surface area contributed by atoms with Gasteiger partial charge in [0.05, 0.1) is 12.0 Å². The number of ether oxygens (including phenoxy) is 1. The van der Waals surface area contributed by atoms with Gasteiger partial charge < -0.3 is 10.1 Å². The van der Waals surface area contributed by atoms with Crippen LogP contribution < -0.4 is 5.32 Å². The van der Waals surface area contributed by atoms with Gasteiger partial charge in [0.15, 0.2) is 0 Å². The molecule has 17 heavy (non-hydrogen) atoms. The first-order valence-corrected chi connectivity index (χ1v) is 7.65. The first-order chi connectivity index (χ1) is 8.15. The molecule has 1 saturated carbocycles. The average molecular weight is 306 g/mol. The van der Waals surface area contributed by atoms with Gasteiger partial charge >= 0.3 is 0 Å². The van der Waals surface area contributed by atoms with Crippen LogP contribution in [-0.2, 0) is 9.53 Å². The van der Waals surface area contributed by atoms with Gasteiger partial charge in [-0.25, -0.2) is 0 Å². The number of nitrogens with one attached hydrogen (secondary N) is 1. The number of amides is 1. The molecule has 0 aromatic heterocycles. The van der Waals surface area contributed by atoms with Crippen molar-refractivity contribution in [3.05, 3.63) is 0 Å². The van der Waals surface area contributed by atoms with Gasteiger partial charge in [0.1, 0.15) is 0 Å². The SMILES string of the molecule is CCC(CCBr)CNC(=O)CC1(OC)CCC1. The lowest BCUT2D eigenvalue weighted by Crippen LogP contribution is -2.44. The lowest BCUT2D eigenvalue weighted by Gasteiger charge is -2.40. The van der Waals surface area contributed by atoms with Gasteiger partial charge in [0, 0.05) is 19.0 Å². The van der Waals surface area contributed by atoms with Crippen molar-refractivity contribution in [3.8, 4) is 0 Å². The minimum Gasteiger partial charge on any atom is -0.378 e. The van der Waals surface area contributed by atoms with E-state index in [2.05, 4.69) is 28.2 Å². The summed E-state index contributed by atoms with van der Waals surface area (Å²) >= 11 is 3.45. The van der Waals surface area contributed by atoms with Crippen LogP contribution in [0.25, 0.3) is 0 Å². The van der Waals surface area contributed by atoms with Crippen LogP contribution in [0, 0.1) is 5.92 Å². The van der Waals surface area contributed by atoms with E-state index < -0.39 is 0 Å². The Morgan fingerprint density at radius 2 is 2.24 bits per heavy atom. The second-order valence-electron chi connectivity index (χ2n) is 4.97. The zero-order valence-corrected chi connectivity index (χ0v) is 12.5. The Morgan fingerprint density at radius 1 is 1.53 bits per heavy atom. The van der Waals surface area contributed by atoms with E-state index >= 15 is 0 Å². The van der Waals surface area contributed by atoms with Crippen LogP contribution >= 0.6 is 15.9 Å². The summed E-state index contributed by atoms with van der Waals surface area (Å²) in [6.07, 6.45) is 5.98. The minimum absolute atomic E-state index is 0.138. The highest BCUT2D eigenvalue weighted by atomic mass is 79.9. The smallest absolute Gasteiger partial charge is 0.222 e. The maximum Gasteiger partial charge on any atom is 0.222 e. The molecule has 100 valence electrons. The molecule has 1 fully saturated rings. The van der Waals surface area contributed by atoms with Gasteiger partial charge in [-0.1, -0.05) is 29.3 Å². The summed E-state index contributed by atoms with van der Waals surface area (Å²) in [4.78, 5) is 11.8. The monoisotopic (exact) mass is 305 g/mol. The van der Waals surface area contributed by atoms with Gasteiger partial charge in [-0.15, -0.1) is 0 Å². The molecule has 3 nitrogen and oxygen atoms in total. The number of alkyl halides is 1. The first-order valence-electron chi connectivity index (χ1n) is 6.53. The fourth-order valence-electron chi connectivity index (χ4n) is 2.24. The van der Waals surface area contributed by atoms with Crippen LogP contribution in [0.15, 0.2) is 0 Å². The van der Waals surface area contributed by atoms with E-state index in [1.165, 1.54) is 6.42 Å². The fraction of sp³-hybridized carbons (Fsp3) is 0.923. The third-order valence-electron chi connectivity index (χ3n) is 3.86. The van der Waals surface area contributed by atoms with E-state index in [0.717, 1.165) is 37.6 Å². The average Bonchev–Trinajstić information content (AvgIpc) is 2.29. The highest BCUT2D eigenvalue weighted by Crippen LogP contribution is 2.37. The standard InChI is InChI=1S/C13H24BrNO2/c1-3-11(5-8-14)10-15-12(16)9-13(17-2)6-4-7-13/h11H,3-10H2,1-2H3,(H,15,16). The lowest BCUT2D eigenvalue weighted by molar-refractivity contribution is -0.134. The molecule has 0 saturated heterocycles. The maximum absolute atomic E-state index is 11.8. The van der Waals surface area contributed by atoms with Gasteiger partial charge in [0.2, 0.25) is 5.91 Å². The minimum atomic E-state index is -0.152. The highest BCUT2D eigenvalue weighted by Gasteiger charge is 2.38. The van der Waals surface area contributed by atoms with Crippen molar-refractivity contribution in [2.24, 2.45) is 5.92 Å². The molecule has 1 N–H and O–H groups in total. The molecule has 1 atom stereocenters. The van der Waals surface area contributed by atoms with Crippen LogP contribution in [0.1, 0.15) is 45.4 Å². The summed E-state index contributed by atoms with van der Waals surface area (Å²) in [6.45, 7) is 2.96. The number of hydrogen-bond donors (Lipinski definition) is 1. The predicted octanol–water partition coefficient (Wildman–Crippen LogP) is 2.87. The van der Waals surface area contributed by atoms with Gasteiger partial charge in [-0.3, -0.25) is 4.79 Å². The van der Waals surface area contributed by atoms with Crippen molar-refractivity contribution < 1.29 is 9.53 Å².